The Hall–Kier alpha value is -0.880. The third-order valence-corrected chi connectivity index (χ3v) is 5.25. The fourth-order valence-corrected chi connectivity index (χ4v) is 3.12. The van der Waals surface area contributed by atoms with Gasteiger partial charge in [0.25, 0.3) is 0 Å². The first-order valence-electron chi connectivity index (χ1n) is 6.72. The smallest absolute Gasteiger partial charge is 0.197 e. The average Bonchev–Trinajstić information content (AvgIpc) is 2.67. The minimum atomic E-state index is 0.640. The summed E-state index contributed by atoms with van der Waals surface area (Å²) < 4.78 is 7.18. The number of hydrogen-bond donors (Lipinski definition) is 1. The van der Waals surface area contributed by atoms with Crippen molar-refractivity contribution in [2.75, 3.05) is 12.4 Å². The van der Waals surface area contributed by atoms with Crippen LogP contribution in [0.2, 0.25) is 0 Å². The molecule has 0 atom stereocenters. The second-order valence-corrected chi connectivity index (χ2v) is 6.44. The van der Waals surface area contributed by atoms with Crippen molar-refractivity contribution < 1.29 is 4.42 Å². The van der Waals surface area contributed by atoms with E-state index in [4.69, 9.17) is 9.40 Å². The Bertz CT molecular complexity index is 620. The maximum absolute atomic E-state index is 5.64. The zero-order valence-corrected chi connectivity index (χ0v) is 14.3. The van der Waals surface area contributed by atoms with Gasteiger partial charge >= 0.3 is 0 Å². The minimum absolute atomic E-state index is 0.640. The summed E-state index contributed by atoms with van der Waals surface area (Å²) in [5.41, 5.74) is 2.42. The van der Waals surface area contributed by atoms with E-state index in [1.165, 1.54) is 24.8 Å². The Labute approximate surface area is 134 Å². The number of aromatic nitrogens is 2. The number of aryl methyl sites for hydroxylation is 1. The first-order valence-corrected chi connectivity index (χ1v) is 8.30. The largest absolute Gasteiger partial charge is 0.445 e. The number of fused-ring (bicyclic) bond motifs is 1. The average molecular weight is 401 g/mol. The Morgan fingerprint density at radius 3 is 2.65 bits per heavy atom. The van der Waals surface area contributed by atoms with Gasteiger partial charge in [-0.15, -0.1) is 0 Å². The van der Waals surface area contributed by atoms with Crippen molar-refractivity contribution in [1.29, 1.82) is 0 Å². The number of halogens is 2. The second-order valence-electron chi connectivity index (χ2n) is 4.86. The van der Waals surface area contributed by atoms with Crippen molar-refractivity contribution in [2.45, 2.75) is 32.1 Å². The summed E-state index contributed by atoms with van der Waals surface area (Å²) in [6.07, 6.45) is 5.73. The van der Waals surface area contributed by atoms with Crippen LogP contribution < -0.4 is 5.32 Å². The van der Waals surface area contributed by atoms with E-state index in [0.717, 1.165) is 28.8 Å². The molecule has 2 heterocycles. The van der Waals surface area contributed by atoms with Crippen LogP contribution in [0.1, 0.15) is 30.5 Å². The first-order chi connectivity index (χ1) is 9.69. The second kappa shape index (κ2) is 5.85. The molecule has 0 fully saturated rings. The molecule has 0 unspecified atom stereocenters. The molecular formula is C14H15Br2N3O. The molecule has 0 bridgehead atoms. The van der Waals surface area contributed by atoms with E-state index in [1.807, 2.05) is 13.1 Å². The molecule has 0 spiro atoms. The summed E-state index contributed by atoms with van der Waals surface area (Å²) in [4.78, 5) is 9.33. The third-order valence-electron chi connectivity index (χ3n) is 3.54. The van der Waals surface area contributed by atoms with Gasteiger partial charge in [0.2, 0.25) is 0 Å². The van der Waals surface area contributed by atoms with Crippen LogP contribution in [0, 0.1) is 0 Å². The van der Waals surface area contributed by atoms with Gasteiger partial charge in [0, 0.05) is 24.4 Å². The lowest BCUT2D eigenvalue weighted by Crippen LogP contribution is -2.06. The first kappa shape index (κ1) is 14.1. The fraction of sp³-hybridized carbons (Fsp3) is 0.429. The number of hydrogen-bond acceptors (Lipinski definition) is 4. The van der Waals surface area contributed by atoms with Crippen LogP contribution in [-0.2, 0) is 12.8 Å². The van der Waals surface area contributed by atoms with Gasteiger partial charge in [0.1, 0.15) is 5.82 Å². The van der Waals surface area contributed by atoms with Gasteiger partial charge in [0.15, 0.2) is 16.3 Å². The number of rotatable bonds is 2. The van der Waals surface area contributed by atoms with E-state index in [0.29, 0.717) is 16.3 Å². The van der Waals surface area contributed by atoms with E-state index in [9.17, 15) is 0 Å². The van der Waals surface area contributed by atoms with Crippen LogP contribution >= 0.6 is 31.9 Å². The summed E-state index contributed by atoms with van der Waals surface area (Å²) in [6, 6.07) is 1.89. The third kappa shape index (κ3) is 2.63. The summed E-state index contributed by atoms with van der Waals surface area (Å²) in [5.74, 6) is 2.24. The molecule has 0 radical (unpaired) electrons. The maximum atomic E-state index is 5.64. The van der Waals surface area contributed by atoms with Gasteiger partial charge in [-0.3, -0.25) is 0 Å². The van der Waals surface area contributed by atoms with Crippen molar-refractivity contribution in [3.63, 3.8) is 0 Å². The molecule has 1 N–H and O–H groups in total. The molecule has 0 aromatic carbocycles. The fourth-order valence-electron chi connectivity index (χ4n) is 2.54. The van der Waals surface area contributed by atoms with Gasteiger partial charge in [0.05, 0.1) is 4.47 Å². The predicted molar refractivity (Wildman–Crippen MR) is 85.9 cm³/mol. The maximum Gasteiger partial charge on any atom is 0.197 e. The Balaban J connectivity index is 2.10. The molecule has 2 aromatic heterocycles. The van der Waals surface area contributed by atoms with Crippen LogP contribution in [0.25, 0.3) is 11.6 Å². The van der Waals surface area contributed by atoms with Crippen LogP contribution in [0.5, 0.6) is 0 Å². The number of nitrogens with zero attached hydrogens (tertiary/aromatic N) is 2. The van der Waals surface area contributed by atoms with E-state index in [1.54, 1.807) is 0 Å². The highest BCUT2D eigenvalue weighted by atomic mass is 79.9. The molecule has 6 heteroatoms. The molecule has 4 nitrogen and oxygen atoms in total. The lowest BCUT2D eigenvalue weighted by molar-refractivity contribution is 0.549. The molecule has 0 saturated heterocycles. The van der Waals surface area contributed by atoms with Crippen molar-refractivity contribution in [3.05, 3.63) is 26.5 Å². The molecule has 0 saturated carbocycles. The van der Waals surface area contributed by atoms with Gasteiger partial charge in [-0.05, 0) is 57.5 Å². The molecule has 0 amide bonds. The van der Waals surface area contributed by atoms with Crippen LogP contribution in [-0.4, -0.2) is 17.0 Å². The van der Waals surface area contributed by atoms with Crippen molar-refractivity contribution in [3.8, 4) is 11.6 Å². The van der Waals surface area contributed by atoms with E-state index in [-0.39, 0.29) is 0 Å². The van der Waals surface area contributed by atoms with E-state index >= 15 is 0 Å². The summed E-state index contributed by atoms with van der Waals surface area (Å²) in [7, 11) is 1.91. The monoisotopic (exact) mass is 399 g/mol. The normalized spacial score (nSPS) is 14.8. The molecule has 3 rings (SSSR count). The highest BCUT2D eigenvalue weighted by Gasteiger charge is 2.19. The van der Waals surface area contributed by atoms with Gasteiger partial charge in [-0.1, -0.05) is 6.42 Å². The standard InChI is InChI=1S/C14H15Br2N3O/c1-17-13-8-5-3-2-4-6-10(8)18-14(19-13)11-7-9(15)12(16)20-11/h7H,2-6H2,1H3,(H,17,18,19). The quantitative estimate of drug-likeness (QED) is 0.750. The molecule has 1 aliphatic rings. The summed E-state index contributed by atoms with van der Waals surface area (Å²) >= 11 is 6.78. The van der Waals surface area contributed by atoms with E-state index in [2.05, 4.69) is 42.2 Å². The molecule has 0 aliphatic heterocycles. The molecule has 106 valence electrons. The molecule has 2 aromatic rings. The predicted octanol–water partition coefficient (Wildman–Crippen LogP) is 4.57. The van der Waals surface area contributed by atoms with Gasteiger partial charge < -0.3 is 9.73 Å². The summed E-state index contributed by atoms with van der Waals surface area (Å²) in [5, 5.41) is 3.20. The highest BCUT2D eigenvalue weighted by Crippen LogP contribution is 2.33. The van der Waals surface area contributed by atoms with Crippen molar-refractivity contribution >= 4 is 37.7 Å². The van der Waals surface area contributed by atoms with Gasteiger partial charge in [-0.25, -0.2) is 9.97 Å². The molecule has 1 aliphatic carbocycles. The number of anilines is 1. The van der Waals surface area contributed by atoms with Crippen LogP contribution in [0.15, 0.2) is 19.6 Å². The highest BCUT2D eigenvalue weighted by molar-refractivity contribution is 9.13. The Morgan fingerprint density at radius 1 is 1.15 bits per heavy atom. The zero-order valence-electron chi connectivity index (χ0n) is 11.2. The van der Waals surface area contributed by atoms with Gasteiger partial charge in [-0.2, -0.15) is 0 Å². The van der Waals surface area contributed by atoms with Crippen molar-refractivity contribution in [2.24, 2.45) is 0 Å². The SMILES string of the molecule is CNc1nc(-c2cc(Br)c(Br)o2)nc2c1CCCCC2. The van der Waals surface area contributed by atoms with E-state index < -0.39 is 0 Å². The number of furan rings is 1. The Kier molecular flexibility index (Phi) is 4.12. The molecule has 20 heavy (non-hydrogen) atoms. The van der Waals surface area contributed by atoms with Crippen LogP contribution in [0.3, 0.4) is 0 Å². The van der Waals surface area contributed by atoms with Crippen LogP contribution in [0.4, 0.5) is 5.82 Å². The molecular weight excluding hydrogens is 386 g/mol. The van der Waals surface area contributed by atoms with Crippen molar-refractivity contribution in [1.82, 2.24) is 9.97 Å². The topological polar surface area (TPSA) is 51.0 Å². The minimum Gasteiger partial charge on any atom is -0.445 e. The lowest BCUT2D eigenvalue weighted by atomic mass is 10.1. The summed E-state index contributed by atoms with van der Waals surface area (Å²) in [6.45, 7) is 0. The zero-order chi connectivity index (χ0) is 14.1. The lowest BCUT2D eigenvalue weighted by Gasteiger charge is -2.11. The number of nitrogens with one attached hydrogen (secondary N) is 1. The Morgan fingerprint density at radius 2 is 1.95 bits per heavy atom.